The van der Waals surface area contributed by atoms with Gasteiger partial charge in [-0.05, 0) is 63.2 Å². The van der Waals surface area contributed by atoms with Gasteiger partial charge < -0.3 is 9.80 Å². The molecule has 29 heavy (non-hydrogen) atoms. The van der Waals surface area contributed by atoms with E-state index >= 15 is 0 Å². The summed E-state index contributed by atoms with van der Waals surface area (Å²) < 4.78 is 28.6. The molecule has 1 heterocycles. The number of fused-ring (bicyclic) bond motifs is 1. The molecule has 2 aromatic carbocycles. The molecule has 0 saturated carbocycles. The van der Waals surface area contributed by atoms with Crippen LogP contribution in [0.3, 0.4) is 0 Å². The van der Waals surface area contributed by atoms with Crippen LogP contribution >= 0.6 is 0 Å². The summed E-state index contributed by atoms with van der Waals surface area (Å²) >= 11 is 0. The van der Waals surface area contributed by atoms with E-state index in [9.17, 15) is 13.2 Å². The van der Waals surface area contributed by atoms with Crippen molar-refractivity contribution in [2.45, 2.75) is 37.6 Å². The molecule has 6 nitrogen and oxygen atoms in total. The first-order chi connectivity index (χ1) is 13.7. The minimum absolute atomic E-state index is 0.0217. The van der Waals surface area contributed by atoms with Crippen LogP contribution in [0.25, 0.3) is 0 Å². The predicted molar refractivity (Wildman–Crippen MR) is 116 cm³/mol. The number of hydrogen-bond acceptors (Lipinski definition) is 4. The van der Waals surface area contributed by atoms with Crippen LogP contribution in [0.5, 0.6) is 0 Å². The molecule has 1 aliphatic heterocycles. The lowest BCUT2D eigenvalue weighted by Gasteiger charge is -2.29. The summed E-state index contributed by atoms with van der Waals surface area (Å²) in [5.74, 6) is -0.0217. The Morgan fingerprint density at radius 2 is 1.86 bits per heavy atom. The minimum Gasteiger partial charge on any atom is -0.312 e. The van der Waals surface area contributed by atoms with E-state index in [1.165, 1.54) is 12.5 Å². The number of aryl methyl sites for hydroxylation is 2. The number of hydrogen-bond donors (Lipinski definition) is 1. The largest absolute Gasteiger partial charge is 0.312 e. The summed E-state index contributed by atoms with van der Waals surface area (Å²) in [5, 5.41) is 0. The molecule has 0 spiro atoms. The Morgan fingerprint density at radius 1 is 1.17 bits per heavy atom. The second-order valence-corrected chi connectivity index (χ2v) is 9.57. The Labute approximate surface area is 173 Å². The third kappa shape index (κ3) is 4.86. The second-order valence-electron chi connectivity index (χ2n) is 7.81. The first-order valence-corrected chi connectivity index (χ1v) is 11.3. The molecule has 0 radical (unpaired) electrons. The average Bonchev–Trinajstić information content (AvgIpc) is 2.68. The van der Waals surface area contributed by atoms with E-state index in [-0.39, 0.29) is 23.4 Å². The Bertz CT molecular complexity index is 985. The molecular formula is C22H29N3O3S. The Hall–Kier alpha value is -2.22. The standard InChI is InChI=1S/C22H29N3O3S/c1-16-7-9-18(10-8-16)22(24(3)4)15-23-29(27,28)20-11-12-21-19(14-20)6-5-13-25(21)17(2)26/h7-12,14,22-23H,5-6,13,15H2,1-4H3. The zero-order valence-corrected chi connectivity index (χ0v) is 18.3. The summed E-state index contributed by atoms with van der Waals surface area (Å²) in [4.78, 5) is 15.8. The van der Waals surface area contributed by atoms with Crippen LogP contribution < -0.4 is 9.62 Å². The van der Waals surface area contributed by atoms with Crippen LogP contribution in [0.1, 0.15) is 36.1 Å². The maximum absolute atomic E-state index is 12.9. The van der Waals surface area contributed by atoms with E-state index in [0.717, 1.165) is 29.7 Å². The molecule has 0 bridgehead atoms. The molecular weight excluding hydrogens is 386 g/mol. The fourth-order valence-electron chi connectivity index (χ4n) is 3.73. The number of carbonyl (C=O) groups excluding carboxylic acids is 1. The van der Waals surface area contributed by atoms with Crippen LogP contribution in [-0.4, -0.2) is 46.4 Å². The Morgan fingerprint density at radius 3 is 2.48 bits per heavy atom. The summed E-state index contributed by atoms with van der Waals surface area (Å²) in [6, 6.07) is 13.1. The highest BCUT2D eigenvalue weighted by Gasteiger charge is 2.24. The summed E-state index contributed by atoms with van der Waals surface area (Å²) in [6.07, 6.45) is 1.60. The Kier molecular flexibility index (Phi) is 6.41. The number of nitrogens with zero attached hydrogens (tertiary/aromatic N) is 2. The molecule has 0 aromatic heterocycles. The molecule has 0 saturated heterocycles. The highest BCUT2D eigenvalue weighted by Crippen LogP contribution is 2.29. The highest BCUT2D eigenvalue weighted by atomic mass is 32.2. The molecule has 1 aliphatic rings. The van der Waals surface area contributed by atoms with E-state index in [1.54, 1.807) is 23.1 Å². The van der Waals surface area contributed by atoms with Crippen LogP contribution in [0.15, 0.2) is 47.4 Å². The van der Waals surface area contributed by atoms with E-state index in [1.807, 2.05) is 50.2 Å². The smallest absolute Gasteiger partial charge is 0.240 e. The van der Waals surface area contributed by atoms with Gasteiger partial charge in [-0.3, -0.25) is 4.79 Å². The van der Waals surface area contributed by atoms with Crippen molar-refractivity contribution in [3.63, 3.8) is 0 Å². The van der Waals surface area contributed by atoms with E-state index < -0.39 is 10.0 Å². The third-order valence-corrected chi connectivity index (χ3v) is 6.83. The molecule has 7 heteroatoms. The van der Waals surface area contributed by atoms with Gasteiger partial charge in [-0.15, -0.1) is 0 Å². The lowest BCUT2D eigenvalue weighted by Crippen LogP contribution is -2.35. The van der Waals surface area contributed by atoms with Crippen molar-refractivity contribution in [3.05, 3.63) is 59.2 Å². The summed E-state index contributed by atoms with van der Waals surface area (Å²) in [7, 11) is 0.221. The molecule has 1 amide bonds. The lowest BCUT2D eigenvalue weighted by molar-refractivity contribution is -0.116. The van der Waals surface area contributed by atoms with Gasteiger partial charge in [0.05, 0.1) is 4.90 Å². The monoisotopic (exact) mass is 415 g/mol. The summed E-state index contributed by atoms with van der Waals surface area (Å²) in [6.45, 7) is 4.51. The van der Waals surface area contributed by atoms with E-state index in [0.29, 0.717) is 6.54 Å². The average molecular weight is 416 g/mol. The normalized spacial score (nSPS) is 15.3. The number of rotatable bonds is 6. The zero-order valence-electron chi connectivity index (χ0n) is 17.5. The third-order valence-electron chi connectivity index (χ3n) is 5.41. The van der Waals surface area contributed by atoms with Crippen molar-refractivity contribution < 1.29 is 13.2 Å². The van der Waals surface area contributed by atoms with Crippen molar-refractivity contribution in [2.24, 2.45) is 0 Å². The molecule has 0 fully saturated rings. The first-order valence-electron chi connectivity index (χ1n) is 9.83. The number of benzene rings is 2. The van der Waals surface area contributed by atoms with Gasteiger partial charge in [-0.2, -0.15) is 0 Å². The predicted octanol–water partition coefficient (Wildman–Crippen LogP) is 2.88. The maximum atomic E-state index is 12.9. The van der Waals surface area contributed by atoms with Gasteiger partial charge in [0.1, 0.15) is 0 Å². The molecule has 2 aromatic rings. The van der Waals surface area contributed by atoms with Gasteiger partial charge in [-0.1, -0.05) is 29.8 Å². The van der Waals surface area contributed by atoms with Crippen molar-refractivity contribution in [1.82, 2.24) is 9.62 Å². The molecule has 1 N–H and O–H groups in total. The van der Waals surface area contributed by atoms with Crippen LogP contribution in [0, 0.1) is 6.92 Å². The van der Waals surface area contributed by atoms with Crippen LogP contribution in [0.4, 0.5) is 5.69 Å². The number of sulfonamides is 1. The van der Waals surface area contributed by atoms with Gasteiger partial charge in [0.25, 0.3) is 0 Å². The van der Waals surface area contributed by atoms with E-state index in [4.69, 9.17) is 0 Å². The van der Waals surface area contributed by atoms with Gasteiger partial charge in [0.15, 0.2) is 0 Å². The van der Waals surface area contributed by atoms with E-state index in [2.05, 4.69) is 4.72 Å². The highest BCUT2D eigenvalue weighted by molar-refractivity contribution is 7.89. The molecule has 156 valence electrons. The lowest BCUT2D eigenvalue weighted by atomic mass is 10.0. The molecule has 0 aliphatic carbocycles. The number of anilines is 1. The second kappa shape index (κ2) is 8.65. The van der Waals surface area contributed by atoms with Gasteiger partial charge >= 0.3 is 0 Å². The number of carbonyl (C=O) groups is 1. The first kappa shape index (κ1) is 21.5. The van der Waals surface area contributed by atoms with Crippen LogP contribution in [0.2, 0.25) is 0 Å². The van der Waals surface area contributed by atoms with Gasteiger partial charge in [0.2, 0.25) is 15.9 Å². The fraction of sp³-hybridized carbons (Fsp3) is 0.409. The molecule has 1 atom stereocenters. The SMILES string of the molecule is CC(=O)N1CCCc2cc(S(=O)(=O)NCC(c3ccc(C)cc3)N(C)C)ccc21. The summed E-state index contributed by atoms with van der Waals surface area (Å²) in [5.41, 5.74) is 3.94. The quantitative estimate of drug-likeness (QED) is 0.788. The van der Waals surface area contributed by atoms with Crippen molar-refractivity contribution in [1.29, 1.82) is 0 Å². The number of likely N-dealkylation sites (N-methyl/N-ethyl adjacent to an activating group) is 1. The van der Waals surface area contributed by atoms with Gasteiger partial charge in [0, 0.05) is 31.7 Å². The van der Waals surface area contributed by atoms with Crippen molar-refractivity contribution in [3.8, 4) is 0 Å². The number of amides is 1. The van der Waals surface area contributed by atoms with Crippen LogP contribution in [-0.2, 0) is 21.2 Å². The maximum Gasteiger partial charge on any atom is 0.240 e. The van der Waals surface area contributed by atoms with Crippen molar-refractivity contribution >= 4 is 21.6 Å². The molecule has 3 rings (SSSR count). The fourth-order valence-corrected chi connectivity index (χ4v) is 4.82. The molecule has 1 unspecified atom stereocenters. The van der Waals surface area contributed by atoms with Gasteiger partial charge in [-0.25, -0.2) is 13.1 Å². The topological polar surface area (TPSA) is 69.7 Å². The van der Waals surface area contributed by atoms with Crippen molar-refractivity contribution in [2.75, 3.05) is 32.1 Å². The number of nitrogens with one attached hydrogen (secondary N) is 1. The Balaban J connectivity index is 1.80. The minimum atomic E-state index is -3.66. The zero-order chi connectivity index (χ0) is 21.2.